The molecule has 66 valence electrons. The van der Waals surface area contributed by atoms with Gasteiger partial charge in [0.2, 0.25) is 0 Å². The second-order valence-electron chi connectivity index (χ2n) is 2.77. The fourth-order valence-electron chi connectivity index (χ4n) is 1.08. The zero-order chi connectivity index (χ0) is 9.14. The summed E-state index contributed by atoms with van der Waals surface area (Å²) in [6, 6.07) is 2.01. The van der Waals surface area contributed by atoms with E-state index in [-0.39, 0.29) is 0 Å². The van der Waals surface area contributed by atoms with Crippen molar-refractivity contribution in [2.24, 2.45) is 0 Å². The molecule has 0 unspecified atom stereocenters. The van der Waals surface area contributed by atoms with E-state index in [2.05, 4.69) is 34.8 Å². The summed E-state index contributed by atoms with van der Waals surface area (Å²) in [5.74, 6) is 0. The van der Waals surface area contributed by atoms with Gasteiger partial charge in [-0.3, -0.25) is 0 Å². The first-order valence-electron chi connectivity index (χ1n) is 3.96. The average Bonchev–Trinajstić information content (AvgIpc) is 2.01. The highest BCUT2D eigenvalue weighted by molar-refractivity contribution is 9.10. The Balaban J connectivity index is 3.05. The monoisotopic (exact) mass is 247 g/mol. The Bertz CT molecular complexity index is 286. The van der Waals surface area contributed by atoms with Gasteiger partial charge in [-0.25, -0.2) is 4.98 Å². The summed E-state index contributed by atoms with van der Waals surface area (Å²) in [7, 11) is 0. The van der Waals surface area contributed by atoms with Crippen molar-refractivity contribution in [1.82, 2.24) is 4.98 Å². The lowest BCUT2D eigenvalue weighted by molar-refractivity contribution is 0.870. The molecule has 1 heterocycles. The van der Waals surface area contributed by atoms with Crippen LogP contribution in [0.5, 0.6) is 0 Å². The van der Waals surface area contributed by atoms with Crippen LogP contribution in [0.3, 0.4) is 0 Å². The van der Waals surface area contributed by atoms with Gasteiger partial charge in [0, 0.05) is 5.69 Å². The van der Waals surface area contributed by atoms with Gasteiger partial charge in [0.15, 0.2) is 0 Å². The predicted octanol–water partition coefficient (Wildman–Crippen LogP) is 3.76. The van der Waals surface area contributed by atoms with E-state index < -0.39 is 0 Å². The highest BCUT2D eigenvalue weighted by Gasteiger charge is 2.04. The smallest absolute Gasteiger partial charge is 0.143 e. The Labute approximate surface area is 86.3 Å². The molecule has 0 aliphatic rings. The highest BCUT2D eigenvalue weighted by Crippen LogP contribution is 2.23. The van der Waals surface area contributed by atoms with E-state index in [0.717, 1.165) is 23.0 Å². The van der Waals surface area contributed by atoms with Crippen LogP contribution in [0.15, 0.2) is 10.5 Å². The van der Waals surface area contributed by atoms with E-state index in [4.69, 9.17) is 11.6 Å². The van der Waals surface area contributed by atoms with Crippen LogP contribution in [0.4, 0.5) is 0 Å². The normalized spacial score (nSPS) is 10.3. The molecule has 0 fully saturated rings. The zero-order valence-electron chi connectivity index (χ0n) is 7.19. The highest BCUT2D eigenvalue weighted by atomic mass is 79.9. The van der Waals surface area contributed by atoms with E-state index in [1.807, 2.05) is 6.07 Å². The third-order valence-corrected chi connectivity index (χ3v) is 2.84. The van der Waals surface area contributed by atoms with E-state index in [1.165, 1.54) is 5.56 Å². The molecule has 0 amide bonds. The van der Waals surface area contributed by atoms with Crippen LogP contribution in [-0.2, 0) is 6.42 Å². The van der Waals surface area contributed by atoms with Crippen LogP contribution in [-0.4, -0.2) is 4.98 Å². The molecule has 0 N–H and O–H groups in total. The van der Waals surface area contributed by atoms with E-state index >= 15 is 0 Å². The summed E-state index contributed by atoms with van der Waals surface area (Å²) in [4.78, 5) is 4.28. The third-order valence-electron chi connectivity index (χ3n) is 1.72. The van der Waals surface area contributed by atoms with Gasteiger partial charge in [-0.1, -0.05) is 24.9 Å². The number of aryl methyl sites for hydroxylation is 2. The Morgan fingerprint density at radius 1 is 1.58 bits per heavy atom. The minimum absolute atomic E-state index is 0.559. The van der Waals surface area contributed by atoms with Gasteiger partial charge < -0.3 is 0 Å². The minimum Gasteiger partial charge on any atom is -0.240 e. The van der Waals surface area contributed by atoms with Crippen molar-refractivity contribution < 1.29 is 0 Å². The molecule has 0 saturated heterocycles. The zero-order valence-corrected chi connectivity index (χ0v) is 9.54. The number of halogens is 2. The Kier molecular flexibility index (Phi) is 3.53. The third kappa shape index (κ3) is 2.20. The maximum Gasteiger partial charge on any atom is 0.143 e. The number of aromatic nitrogens is 1. The van der Waals surface area contributed by atoms with Gasteiger partial charge >= 0.3 is 0 Å². The summed E-state index contributed by atoms with van der Waals surface area (Å²) >= 11 is 9.20. The molecular weight excluding hydrogens is 237 g/mol. The molecule has 3 heteroatoms. The lowest BCUT2D eigenvalue weighted by Gasteiger charge is -2.04. The lowest BCUT2D eigenvalue weighted by Crippen LogP contribution is -1.94. The summed E-state index contributed by atoms with van der Waals surface area (Å²) < 4.78 is 0.876. The van der Waals surface area contributed by atoms with Gasteiger partial charge in [0.1, 0.15) is 5.15 Å². The van der Waals surface area contributed by atoms with Crippen molar-refractivity contribution in [3.8, 4) is 0 Å². The van der Waals surface area contributed by atoms with E-state index in [0.29, 0.717) is 5.15 Å². The van der Waals surface area contributed by atoms with Gasteiger partial charge in [0.25, 0.3) is 0 Å². The van der Waals surface area contributed by atoms with Crippen molar-refractivity contribution in [3.63, 3.8) is 0 Å². The molecule has 0 saturated carbocycles. The Morgan fingerprint density at radius 2 is 2.25 bits per heavy atom. The van der Waals surface area contributed by atoms with Crippen molar-refractivity contribution in [2.45, 2.75) is 26.7 Å². The first-order chi connectivity index (χ1) is 5.65. The maximum absolute atomic E-state index is 5.86. The summed E-state index contributed by atoms with van der Waals surface area (Å²) in [5, 5.41) is 0.559. The minimum atomic E-state index is 0.559. The van der Waals surface area contributed by atoms with Gasteiger partial charge in [-0.15, -0.1) is 0 Å². The van der Waals surface area contributed by atoms with Crippen LogP contribution < -0.4 is 0 Å². The molecule has 0 radical (unpaired) electrons. The topological polar surface area (TPSA) is 12.9 Å². The first kappa shape index (κ1) is 10.0. The molecule has 1 nitrogen and oxygen atoms in total. The van der Waals surface area contributed by atoms with Gasteiger partial charge in [0.05, 0.1) is 4.47 Å². The Hall–Kier alpha value is -0.0800. The molecule has 0 aromatic carbocycles. The Morgan fingerprint density at radius 3 is 2.83 bits per heavy atom. The average molecular weight is 249 g/mol. The van der Waals surface area contributed by atoms with Gasteiger partial charge in [-0.05, 0) is 40.9 Å². The number of hydrogen-bond acceptors (Lipinski definition) is 1. The maximum atomic E-state index is 5.86. The van der Waals surface area contributed by atoms with Crippen LogP contribution >= 0.6 is 27.5 Å². The standard InChI is InChI=1S/C9H11BrClN/c1-3-4-8-6(2)5-7(10)9(11)12-8/h5H,3-4H2,1-2H3. The van der Waals surface area contributed by atoms with Crippen LogP contribution in [0.25, 0.3) is 0 Å². The second kappa shape index (κ2) is 4.24. The molecule has 0 bridgehead atoms. The number of rotatable bonds is 2. The van der Waals surface area contributed by atoms with E-state index in [9.17, 15) is 0 Å². The van der Waals surface area contributed by atoms with Crippen LogP contribution in [0, 0.1) is 6.92 Å². The SMILES string of the molecule is CCCc1nc(Cl)c(Br)cc1C. The fourth-order valence-corrected chi connectivity index (χ4v) is 1.67. The lowest BCUT2D eigenvalue weighted by atomic mass is 10.1. The second-order valence-corrected chi connectivity index (χ2v) is 3.99. The van der Waals surface area contributed by atoms with Crippen molar-refractivity contribution in [2.75, 3.05) is 0 Å². The molecule has 12 heavy (non-hydrogen) atoms. The number of pyridine rings is 1. The largest absolute Gasteiger partial charge is 0.240 e. The number of nitrogens with zero attached hydrogens (tertiary/aromatic N) is 1. The molecular formula is C9H11BrClN. The molecule has 0 aliphatic carbocycles. The fraction of sp³-hybridized carbons (Fsp3) is 0.444. The van der Waals surface area contributed by atoms with Crippen molar-refractivity contribution in [1.29, 1.82) is 0 Å². The molecule has 1 rings (SSSR count). The molecule has 1 aromatic heterocycles. The van der Waals surface area contributed by atoms with Crippen LogP contribution in [0.2, 0.25) is 5.15 Å². The molecule has 0 atom stereocenters. The van der Waals surface area contributed by atoms with Crippen LogP contribution in [0.1, 0.15) is 24.6 Å². The summed E-state index contributed by atoms with van der Waals surface area (Å²) in [6.45, 7) is 4.19. The number of hydrogen-bond donors (Lipinski definition) is 0. The van der Waals surface area contributed by atoms with Crippen molar-refractivity contribution >= 4 is 27.5 Å². The molecule has 0 aliphatic heterocycles. The quantitative estimate of drug-likeness (QED) is 0.726. The van der Waals surface area contributed by atoms with Crippen molar-refractivity contribution in [3.05, 3.63) is 26.9 Å². The van der Waals surface area contributed by atoms with Gasteiger partial charge in [-0.2, -0.15) is 0 Å². The first-order valence-corrected chi connectivity index (χ1v) is 5.13. The predicted molar refractivity (Wildman–Crippen MR) is 55.7 cm³/mol. The summed E-state index contributed by atoms with van der Waals surface area (Å²) in [6.07, 6.45) is 2.10. The summed E-state index contributed by atoms with van der Waals surface area (Å²) in [5.41, 5.74) is 2.30. The van der Waals surface area contributed by atoms with E-state index in [1.54, 1.807) is 0 Å². The molecule has 0 spiro atoms. The molecule has 1 aromatic rings.